The molecule has 0 saturated carbocycles. The Balaban J connectivity index is 1.26. The van der Waals surface area contributed by atoms with Gasteiger partial charge in [0.15, 0.2) is 11.6 Å². The van der Waals surface area contributed by atoms with Crippen LogP contribution in [0, 0.1) is 5.82 Å². The number of ketones is 2. The van der Waals surface area contributed by atoms with Gasteiger partial charge in [-0.3, -0.25) is 19.3 Å². The average molecular weight is 443 g/mol. The van der Waals surface area contributed by atoms with Crippen LogP contribution in [-0.2, 0) is 4.79 Å². The Morgan fingerprint density at radius 2 is 1.42 bits per heavy atom. The highest BCUT2D eigenvalue weighted by molar-refractivity contribution is 6.30. The number of benzene rings is 3. The van der Waals surface area contributed by atoms with Crippen LogP contribution in [0.1, 0.15) is 31.8 Å². The van der Waals surface area contributed by atoms with E-state index in [0.29, 0.717) is 35.5 Å². The first kappa shape index (κ1) is 21.0. The highest BCUT2D eigenvalue weighted by Crippen LogP contribution is 2.32. The number of nitrogens with one attached hydrogen (secondary N) is 1. The number of amides is 1. The number of nitrogens with zero attached hydrogens (tertiary/aromatic N) is 2. The van der Waals surface area contributed by atoms with Crippen molar-refractivity contribution >= 4 is 28.8 Å². The molecule has 3 aromatic rings. The third-order valence-corrected chi connectivity index (χ3v) is 6.16. The summed E-state index contributed by atoms with van der Waals surface area (Å²) in [5, 5.41) is 2.84. The number of halogens is 1. The van der Waals surface area contributed by atoms with E-state index in [1.807, 2.05) is 4.90 Å². The van der Waals surface area contributed by atoms with Gasteiger partial charge in [-0.1, -0.05) is 36.4 Å². The Hall–Kier alpha value is -3.84. The molecule has 1 aliphatic carbocycles. The minimum Gasteiger partial charge on any atom is -0.369 e. The van der Waals surface area contributed by atoms with E-state index in [0.717, 1.165) is 18.8 Å². The predicted octanol–water partition coefficient (Wildman–Crippen LogP) is 3.36. The molecule has 1 N–H and O–H groups in total. The second-order valence-corrected chi connectivity index (χ2v) is 8.22. The minimum atomic E-state index is -0.263. The molecule has 0 radical (unpaired) electrons. The molecule has 1 saturated heterocycles. The van der Waals surface area contributed by atoms with Gasteiger partial charge in [0.05, 0.1) is 17.8 Å². The van der Waals surface area contributed by atoms with Gasteiger partial charge < -0.3 is 10.2 Å². The summed E-state index contributed by atoms with van der Waals surface area (Å²) in [6, 6.07) is 18.1. The lowest BCUT2D eigenvalue weighted by molar-refractivity contribution is -0.117. The number of carbonyl (C=O) groups is 3. The number of hydrogen-bond donors (Lipinski definition) is 1. The summed E-state index contributed by atoms with van der Waals surface area (Å²) in [5.74, 6) is -0.976. The van der Waals surface area contributed by atoms with Crippen LogP contribution < -0.4 is 10.2 Å². The molecule has 0 unspecified atom stereocenters. The maximum atomic E-state index is 13.2. The fourth-order valence-corrected chi connectivity index (χ4v) is 4.46. The van der Waals surface area contributed by atoms with Crippen molar-refractivity contribution < 1.29 is 18.8 Å². The lowest BCUT2D eigenvalue weighted by Crippen LogP contribution is -2.48. The first-order valence-electron chi connectivity index (χ1n) is 10.9. The number of anilines is 2. The molecule has 0 atom stereocenters. The van der Waals surface area contributed by atoms with Crippen molar-refractivity contribution in [3.05, 3.63) is 94.8 Å². The SMILES string of the molecule is O=C(CN1CCN(c2ccc(F)cc2)CC1)Nc1cccc2c1C(=O)c1ccccc1C2=O. The minimum absolute atomic E-state index is 0.180. The van der Waals surface area contributed by atoms with Crippen LogP contribution in [0.15, 0.2) is 66.7 Å². The van der Waals surface area contributed by atoms with E-state index in [-0.39, 0.29) is 35.4 Å². The number of carbonyl (C=O) groups excluding carboxylic acids is 3. The topological polar surface area (TPSA) is 69.7 Å². The van der Waals surface area contributed by atoms with Crippen molar-refractivity contribution in [2.75, 3.05) is 42.9 Å². The van der Waals surface area contributed by atoms with Gasteiger partial charge in [-0.15, -0.1) is 0 Å². The van der Waals surface area contributed by atoms with Crippen molar-refractivity contribution in [2.24, 2.45) is 0 Å². The monoisotopic (exact) mass is 443 g/mol. The molecule has 2 aliphatic rings. The van der Waals surface area contributed by atoms with E-state index in [9.17, 15) is 18.8 Å². The molecule has 5 rings (SSSR count). The second kappa shape index (κ2) is 8.60. The quantitative estimate of drug-likeness (QED) is 0.524. The molecule has 0 spiro atoms. The van der Waals surface area contributed by atoms with E-state index < -0.39 is 0 Å². The van der Waals surface area contributed by atoms with Gasteiger partial charge in [0.25, 0.3) is 0 Å². The molecule has 166 valence electrons. The van der Waals surface area contributed by atoms with Crippen LogP contribution >= 0.6 is 0 Å². The van der Waals surface area contributed by atoms with Gasteiger partial charge in [-0.2, -0.15) is 0 Å². The van der Waals surface area contributed by atoms with Crippen LogP contribution in [0.25, 0.3) is 0 Å². The Labute approximate surface area is 190 Å². The fourth-order valence-electron chi connectivity index (χ4n) is 4.46. The van der Waals surface area contributed by atoms with Crippen molar-refractivity contribution in [2.45, 2.75) is 0 Å². The van der Waals surface area contributed by atoms with Crippen molar-refractivity contribution in [1.82, 2.24) is 4.90 Å². The molecule has 1 heterocycles. The first-order valence-corrected chi connectivity index (χ1v) is 10.9. The van der Waals surface area contributed by atoms with E-state index in [1.54, 1.807) is 54.6 Å². The van der Waals surface area contributed by atoms with Gasteiger partial charge >= 0.3 is 0 Å². The van der Waals surface area contributed by atoms with Crippen LogP contribution in [0.5, 0.6) is 0 Å². The molecule has 1 amide bonds. The van der Waals surface area contributed by atoms with Crippen molar-refractivity contribution in [1.29, 1.82) is 0 Å². The predicted molar refractivity (Wildman–Crippen MR) is 123 cm³/mol. The Morgan fingerprint density at radius 3 is 2.12 bits per heavy atom. The molecule has 1 fully saturated rings. The van der Waals surface area contributed by atoms with Gasteiger partial charge in [0.1, 0.15) is 5.82 Å². The molecule has 6 nitrogen and oxygen atoms in total. The molecule has 0 bridgehead atoms. The fraction of sp³-hybridized carbons (Fsp3) is 0.192. The van der Waals surface area contributed by atoms with Gasteiger partial charge in [0.2, 0.25) is 5.91 Å². The number of rotatable bonds is 4. The largest absolute Gasteiger partial charge is 0.369 e. The summed E-state index contributed by atoms with van der Waals surface area (Å²) in [6.07, 6.45) is 0. The van der Waals surface area contributed by atoms with Crippen LogP contribution in [0.3, 0.4) is 0 Å². The smallest absolute Gasteiger partial charge is 0.238 e. The third kappa shape index (κ3) is 4.03. The van der Waals surface area contributed by atoms with E-state index in [4.69, 9.17) is 0 Å². The zero-order valence-corrected chi connectivity index (χ0v) is 17.9. The van der Waals surface area contributed by atoms with Gasteiger partial charge in [-0.05, 0) is 30.3 Å². The molecule has 1 aliphatic heterocycles. The van der Waals surface area contributed by atoms with Crippen LogP contribution in [0.4, 0.5) is 15.8 Å². The maximum absolute atomic E-state index is 13.2. The van der Waals surface area contributed by atoms with E-state index in [1.165, 1.54) is 12.1 Å². The summed E-state index contributed by atoms with van der Waals surface area (Å²) in [7, 11) is 0. The normalized spacial score (nSPS) is 15.7. The standard InChI is InChI=1S/C26H22FN3O3/c27-17-8-10-18(11-9-17)30-14-12-29(13-15-30)16-23(31)28-22-7-3-6-21-24(22)26(33)20-5-2-1-4-19(20)25(21)32/h1-11H,12-16H2,(H,28,31). The van der Waals surface area contributed by atoms with Crippen LogP contribution in [0.2, 0.25) is 0 Å². The highest BCUT2D eigenvalue weighted by Gasteiger charge is 2.31. The zero-order chi connectivity index (χ0) is 22.9. The zero-order valence-electron chi connectivity index (χ0n) is 17.9. The summed E-state index contributed by atoms with van der Waals surface area (Å²) < 4.78 is 13.2. The number of fused-ring (bicyclic) bond motifs is 2. The third-order valence-electron chi connectivity index (χ3n) is 6.16. The number of hydrogen-bond acceptors (Lipinski definition) is 5. The van der Waals surface area contributed by atoms with E-state index in [2.05, 4.69) is 10.2 Å². The summed E-state index contributed by atoms with van der Waals surface area (Å²) in [5.41, 5.74) is 2.61. The molecular formula is C26H22FN3O3. The Bertz CT molecular complexity index is 1250. The molecular weight excluding hydrogens is 421 g/mol. The lowest BCUT2D eigenvalue weighted by atomic mass is 9.83. The first-order chi connectivity index (χ1) is 16.0. The summed E-state index contributed by atoms with van der Waals surface area (Å²) in [4.78, 5) is 42.9. The summed E-state index contributed by atoms with van der Waals surface area (Å²) in [6.45, 7) is 3.00. The average Bonchev–Trinajstić information content (AvgIpc) is 2.83. The van der Waals surface area contributed by atoms with Crippen LogP contribution in [-0.4, -0.2) is 55.1 Å². The molecule has 3 aromatic carbocycles. The van der Waals surface area contributed by atoms with Gasteiger partial charge in [-0.25, -0.2) is 4.39 Å². The Morgan fingerprint density at radius 1 is 0.788 bits per heavy atom. The number of piperazine rings is 1. The Kier molecular flexibility index (Phi) is 5.48. The van der Waals surface area contributed by atoms with Crippen molar-refractivity contribution in [3.63, 3.8) is 0 Å². The highest BCUT2D eigenvalue weighted by atomic mass is 19.1. The van der Waals surface area contributed by atoms with Crippen molar-refractivity contribution in [3.8, 4) is 0 Å². The maximum Gasteiger partial charge on any atom is 0.238 e. The van der Waals surface area contributed by atoms with E-state index >= 15 is 0 Å². The summed E-state index contributed by atoms with van der Waals surface area (Å²) >= 11 is 0. The van der Waals surface area contributed by atoms with Gasteiger partial charge in [0, 0.05) is 48.6 Å². The molecule has 7 heteroatoms. The molecule has 0 aromatic heterocycles. The lowest BCUT2D eigenvalue weighted by Gasteiger charge is -2.35. The molecule has 33 heavy (non-hydrogen) atoms. The second-order valence-electron chi connectivity index (χ2n) is 8.22.